The Morgan fingerprint density at radius 3 is 2.35 bits per heavy atom. The van der Waals surface area contributed by atoms with Gasteiger partial charge in [-0.1, -0.05) is 23.7 Å². The van der Waals surface area contributed by atoms with Crippen molar-refractivity contribution in [3.05, 3.63) is 57.4 Å². The molecule has 2 aromatic rings. The van der Waals surface area contributed by atoms with Crippen molar-refractivity contribution in [3.63, 3.8) is 0 Å². The summed E-state index contributed by atoms with van der Waals surface area (Å²) in [6.07, 6.45) is 0.573. The van der Waals surface area contributed by atoms with Gasteiger partial charge < -0.3 is 18.9 Å². The molecule has 1 aromatic heterocycles. The van der Waals surface area contributed by atoms with Crippen molar-refractivity contribution in [2.75, 3.05) is 26.4 Å². The first kappa shape index (κ1) is 27.6. The fourth-order valence-corrected chi connectivity index (χ4v) is 4.42. The van der Waals surface area contributed by atoms with Crippen LogP contribution < -0.4 is 0 Å². The van der Waals surface area contributed by atoms with Crippen LogP contribution in [0.3, 0.4) is 0 Å². The molecule has 0 unspecified atom stereocenters. The molecule has 0 aliphatic rings. The number of aromatic nitrogens is 1. The molecule has 1 amide bonds. The number of Topliss-reactive ketones (excluding diaryl/α,β-unsaturated/α-hetero) is 1. The van der Waals surface area contributed by atoms with Gasteiger partial charge in [-0.15, -0.1) is 0 Å². The number of hydrogen-bond donors (Lipinski definition) is 0. The van der Waals surface area contributed by atoms with E-state index in [0.717, 1.165) is 0 Å². The van der Waals surface area contributed by atoms with Gasteiger partial charge in [0.1, 0.15) is 5.69 Å². The van der Waals surface area contributed by atoms with Crippen molar-refractivity contribution in [1.82, 2.24) is 9.47 Å². The van der Waals surface area contributed by atoms with E-state index in [1.165, 1.54) is 4.90 Å². The smallest absolute Gasteiger partial charge is 0.355 e. The van der Waals surface area contributed by atoms with E-state index < -0.39 is 12.0 Å². The largest absolute Gasteiger partial charge is 0.461 e. The summed E-state index contributed by atoms with van der Waals surface area (Å²) in [7, 11) is 0. The molecule has 0 saturated heterocycles. The lowest BCUT2D eigenvalue weighted by Gasteiger charge is -2.29. The predicted molar refractivity (Wildman–Crippen MR) is 133 cm³/mol. The number of amides is 1. The van der Waals surface area contributed by atoms with Crippen LogP contribution >= 0.6 is 11.6 Å². The summed E-state index contributed by atoms with van der Waals surface area (Å²) >= 11 is 6.29. The lowest BCUT2D eigenvalue weighted by atomic mass is 9.99. The number of halogens is 1. The maximum Gasteiger partial charge on any atom is 0.355 e. The Labute approximate surface area is 207 Å². The Balaban J connectivity index is 2.47. The molecule has 7 nitrogen and oxygen atoms in total. The summed E-state index contributed by atoms with van der Waals surface area (Å²) in [4.78, 5) is 41.4. The van der Waals surface area contributed by atoms with Crippen LogP contribution in [0.15, 0.2) is 24.3 Å². The number of carbonyl (C=O) groups is 3. The summed E-state index contributed by atoms with van der Waals surface area (Å²) in [5, 5.41) is 0.330. The summed E-state index contributed by atoms with van der Waals surface area (Å²) in [5.41, 5.74) is 2.40. The van der Waals surface area contributed by atoms with Gasteiger partial charge in [-0.3, -0.25) is 9.59 Å². The van der Waals surface area contributed by atoms with Crippen LogP contribution in [0.2, 0.25) is 5.02 Å². The average molecular weight is 491 g/mol. The molecule has 1 heterocycles. The fraction of sp³-hybridized carbons (Fsp3) is 0.500. The highest BCUT2D eigenvalue weighted by Gasteiger charge is 2.33. The Bertz CT molecular complexity index is 1030. The van der Waals surface area contributed by atoms with Crippen LogP contribution in [0, 0.1) is 13.8 Å². The monoisotopic (exact) mass is 490 g/mol. The zero-order valence-corrected chi connectivity index (χ0v) is 21.7. The van der Waals surface area contributed by atoms with E-state index in [4.69, 9.17) is 21.1 Å². The first-order valence-corrected chi connectivity index (χ1v) is 12.1. The van der Waals surface area contributed by atoms with Gasteiger partial charge in [-0.2, -0.15) is 0 Å². The average Bonchev–Trinajstić information content (AvgIpc) is 3.07. The van der Waals surface area contributed by atoms with E-state index in [1.807, 2.05) is 20.8 Å². The quantitative estimate of drug-likeness (QED) is 0.235. The first-order valence-electron chi connectivity index (χ1n) is 11.7. The van der Waals surface area contributed by atoms with Crippen LogP contribution in [-0.2, 0) is 16.0 Å². The highest BCUT2D eigenvalue weighted by Crippen LogP contribution is 2.27. The number of hydrogen-bond acceptors (Lipinski definition) is 5. The third kappa shape index (κ3) is 5.88. The number of nitrogens with zero attached hydrogens (tertiary/aromatic N) is 2. The summed E-state index contributed by atoms with van der Waals surface area (Å²) < 4.78 is 12.5. The number of benzene rings is 1. The lowest BCUT2D eigenvalue weighted by Crippen LogP contribution is -2.44. The second-order valence-corrected chi connectivity index (χ2v) is 8.38. The number of ether oxygens (including phenoxy) is 2. The minimum Gasteiger partial charge on any atom is -0.461 e. The Hall–Kier alpha value is -2.64. The molecule has 0 fully saturated rings. The molecule has 0 aliphatic carbocycles. The molecule has 1 aromatic carbocycles. The molecular weight excluding hydrogens is 456 g/mol. The number of ketones is 1. The van der Waals surface area contributed by atoms with E-state index in [1.54, 1.807) is 49.6 Å². The second-order valence-electron chi connectivity index (χ2n) is 7.97. The third-order valence-electron chi connectivity index (χ3n) is 5.90. The molecule has 1 atom stereocenters. The van der Waals surface area contributed by atoms with Gasteiger partial charge in [-0.05, 0) is 65.7 Å². The van der Waals surface area contributed by atoms with Crippen molar-refractivity contribution in [2.24, 2.45) is 0 Å². The van der Waals surface area contributed by atoms with Crippen LogP contribution in [0.1, 0.15) is 76.6 Å². The van der Waals surface area contributed by atoms with Gasteiger partial charge in [-0.25, -0.2) is 4.79 Å². The highest BCUT2D eigenvalue weighted by molar-refractivity contribution is 6.33. The van der Waals surface area contributed by atoms with Gasteiger partial charge in [0.15, 0.2) is 5.78 Å². The minimum absolute atomic E-state index is 0.232. The van der Waals surface area contributed by atoms with E-state index >= 15 is 0 Å². The third-order valence-corrected chi connectivity index (χ3v) is 6.23. The normalized spacial score (nSPS) is 11.9. The van der Waals surface area contributed by atoms with Crippen molar-refractivity contribution in [3.8, 4) is 0 Å². The SMILES string of the molecule is CCOCCCN(C(=O)c1ccccc1Cl)[C@H](C)C(=O)c1c(C)c(C(=O)OCC)n(CC)c1C. The molecule has 0 saturated carbocycles. The van der Waals surface area contributed by atoms with Crippen LogP contribution in [0.25, 0.3) is 0 Å². The Morgan fingerprint density at radius 2 is 1.76 bits per heavy atom. The first-order chi connectivity index (χ1) is 16.2. The Kier molecular flexibility index (Phi) is 10.3. The van der Waals surface area contributed by atoms with Gasteiger partial charge in [0, 0.05) is 37.6 Å². The summed E-state index contributed by atoms with van der Waals surface area (Å²) in [6.45, 7) is 13.0. The zero-order valence-electron chi connectivity index (χ0n) is 20.9. The molecule has 0 N–H and O–H groups in total. The molecule has 0 radical (unpaired) electrons. The van der Waals surface area contributed by atoms with Crippen molar-refractivity contribution in [2.45, 2.75) is 60.5 Å². The van der Waals surface area contributed by atoms with E-state index in [-0.39, 0.29) is 18.3 Å². The van der Waals surface area contributed by atoms with E-state index in [0.29, 0.717) is 65.8 Å². The number of esters is 1. The molecular formula is C26H35ClN2O5. The maximum atomic E-state index is 13.8. The molecule has 8 heteroatoms. The summed E-state index contributed by atoms with van der Waals surface area (Å²) in [6, 6.07) is 6.03. The van der Waals surface area contributed by atoms with Crippen LogP contribution in [0.4, 0.5) is 0 Å². The topological polar surface area (TPSA) is 77.8 Å². The summed E-state index contributed by atoms with van der Waals surface area (Å²) in [5.74, 6) is -1.01. The zero-order chi connectivity index (χ0) is 25.4. The highest BCUT2D eigenvalue weighted by atomic mass is 35.5. The maximum absolute atomic E-state index is 13.8. The van der Waals surface area contributed by atoms with Gasteiger partial charge in [0.2, 0.25) is 0 Å². The van der Waals surface area contributed by atoms with Crippen molar-refractivity contribution in [1.29, 1.82) is 0 Å². The van der Waals surface area contributed by atoms with E-state index in [9.17, 15) is 14.4 Å². The molecule has 0 bridgehead atoms. The predicted octanol–water partition coefficient (Wildman–Crippen LogP) is 5.10. The number of carbonyl (C=O) groups excluding carboxylic acids is 3. The molecule has 34 heavy (non-hydrogen) atoms. The van der Waals surface area contributed by atoms with Gasteiger partial charge >= 0.3 is 5.97 Å². The second kappa shape index (κ2) is 12.7. The van der Waals surface area contributed by atoms with Crippen LogP contribution in [-0.4, -0.2) is 59.5 Å². The lowest BCUT2D eigenvalue weighted by molar-refractivity contribution is 0.0512. The Morgan fingerprint density at radius 1 is 1.09 bits per heavy atom. The number of rotatable bonds is 12. The molecule has 2 rings (SSSR count). The fourth-order valence-electron chi connectivity index (χ4n) is 4.21. The molecule has 0 aliphatic heterocycles. The van der Waals surface area contributed by atoms with E-state index in [2.05, 4.69) is 0 Å². The van der Waals surface area contributed by atoms with Gasteiger partial charge in [0.25, 0.3) is 5.91 Å². The standard InChI is InChI=1S/C26H35ClN2O5/c1-7-28-18(5)22(17(4)23(28)26(32)34-9-3)24(30)19(6)29(15-12-16-33-8-2)25(31)20-13-10-11-14-21(20)27/h10-11,13-14,19H,7-9,12,15-16H2,1-6H3/t19-/m1/s1. The molecule has 0 spiro atoms. The van der Waals surface area contributed by atoms with Gasteiger partial charge in [0.05, 0.1) is 23.2 Å². The molecule has 186 valence electrons. The minimum atomic E-state index is -0.773. The van der Waals surface area contributed by atoms with Crippen LogP contribution in [0.5, 0.6) is 0 Å². The van der Waals surface area contributed by atoms with Crippen molar-refractivity contribution < 1.29 is 23.9 Å². The van der Waals surface area contributed by atoms with Crippen molar-refractivity contribution >= 4 is 29.3 Å².